The van der Waals surface area contributed by atoms with Gasteiger partial charge in [-0.25, -0.2) is 12.8 Å². The molecule has 3 aromatic rings. The number of piperidine rings is 1. The van der Waals surface area contributed by atoms with Crippen LogP contribution in [0.2, 0.25) is 0 Å². The van der Waals surface area contributed by atoms with Gasteiger partial charge in [0.05, 0.1) is 4.90 Å². The molecule has 3 aromatic carbocycles. The lowest BCUT2D eigenvalue weighted by atomic mass is 10.0. The molecule has 1 aliphatic rings. The van der Waals surface area contributed by atoms with Gasteiger partial charge in [0.2, 0.25) is 0 Å². The quantitative estimate of drug-likeness (QED) is 0.550. The number of nitrogens with zero attached hydrogens (tertiary/aromatic N) is 1. The Kier molecular flexibility index (Phi) is 7.05. The van der Waals surface area contributed by atoms with Crippen LogP contribution in [-0.4, -0.2) is 38.4 Å². The van der Waals surface area contributed by atoms with Crippen molar-refractivity contribution in [3.63, 3.8) is 0 Å². The van der Waals surface area contributed by atoms with Crippen molar-refractivity contribution >= 4 is 21.6 Å². The molecule has 0 saturated carbocycles. The van der Waals surface area contributed by atoms with Crippen molar-refractivity contribution in [3.8, 4) is 0 Å². The van der Waals surface area contributed by atoms with E-state index < -0.39 is 15.8 Å². The zero-order valence-corrected chi connectivity index (χ0v) is 18.9. The second kappa shape index (κ2) is 10.1. The number of amides is 1. The fraction of sp³-hybridized carbons (Fsp3) is 0.240. The van der Waals surface area contributed by atoms with E-state index in [4.69, 9.17) is 0 Å². The Morgan fingerprint density at radius 1 is 0.909 bits per heavy atom. The topological polar surface area (TPSA) is 78.5 Å². The summed E-state index contributed by atoms with van der Waals surface area (Å²) in [6.07, 6.45) is 1.77. The van der Waals surface area contributed by atoms with Gasteiger partial charge in [0.15, 0.2) is 0 Å². The van der Waals surface area contributed by atoms with Gasteiger partial charge in [0.1, 0.15) is 5.82 Å². The van der Waals surface area contributed by atoms with Gasteiger partial charge in [-0.05, 0) is 66.9 Å². The Morgan fingerprint density at radius 2 is 1.55 bits per heavy atom. The SMILES string of the molecule is O=C(NC1CCN(Cc2ccccc2)CC1)c1ccc(NS(=O)(=O)c2ccc(F)cc2)cc1. The number of carbonyl (C=O) groups is 1. The highest BCUT2D eigenvalue weighted by molar-refractivity contribution is 7.92. The molecule has 172 valence electrons. The van der Waals surface area contributed by atoms with Gasteiger partial charge in [0.25, 0.3) is 15.9 Å². The van der Waals surface area contributed by atoms with Gasteiger partial charge in [-0.15, -0.1) is 0 Å². The first kappa shape index (κ1) is 22.9. The Balaban J connectivity index is 1.28. The average Bonchev–Trinajstić information content (AvgIpc) is 2.81. The van der Waals surface area contributed by atoms with Crippen molar-refractivity contribution in [1.29, 1.82) is 0 Å². The van der Waals surface area contributed by atoms with E-state index in [1.54, 1.807) is 24.3 Å². The fourth-order valence-electron chi connectivity index (χ4n) is 3.86. The molecule has 1 amide bonds. The summed E-state index contributed by atoms with van der Waals surface area (Å²) < 4.78 is 40.3. The van der Waals surface area contributed by atoms with E-state index in [0.717, 1.165) is 44.6 Å². The van der Waals surface area contributed by atoms with Crippen LogP contribution >= 0.6 is 0 Å². The average molecular weight is 468 g/mol. The molecule has 1 aliphatic heterocycles. The number of sulfonamides is 1. The summed E-state index contributed by atoms with van der Waals surface area (Å²) in [5.41, 5.74) is 2.08. The Morgan fingerprint density at radius 3 is 2.18 bits per heavy atom. The normalized spacial score (nSPS) is 15.2. The zero-order chi connectivity index (χ0) is 23.3. The highest BCUT2D eigenvalue weighted by Crippen LogP contribution is 2.18. The van der Waals surface area contributed by atoms with E-state index in [1.165, 1.54) is 17.7 Å². The van der Waals surface area contributed by atoms with Crippen LogP contribution in [0.15, 0.2) is 83.8 Å². The molecule has 1 fully saturated rings. The van der Waals surface area contributed by atoms with E-state index in [0.29, 0.717) is 11.3 Å². The summed E-state index contributed by atoms with van der Waals surface area (Å²) in [4.78, 5) is 15.0. The van der Waals surface area contributed by atoms with Crippen LogP contribution in [0.3, 0.4) is 0 Å². The lowest BCUT2D eigenvalue weighted by molar-refractivity contribution is 0.0909. The molecule has 1 heterocycles. The molecule has 0 atom stereocenters. The van der Waals surface area contributed by atoms with Gasteiger partial charge in [-0.2, -0.15) is 0 Å². The molecule has 6 nitrogen and oxygen atoms in total. The van der Waals surface area contributed by atoms with Crippen LogP contribution in [0, 0.1) is 5.82 Å². The predicted molar refractivity (Wildman–Crippen MR) is 126 cm³/mol. The van der Waals surface area contributed by atoms with E-state index in [9.17, 15) is 17.6 Å². The van der Waals surface area contributed by atoms with Gasteiger partial charge in [-0.3, -0.25) is 14.4 Å². The summed E-state index contributed by atoms with van der Waals surface area (Å²) in [7, 11) is -3.84. The van der Waals surface area contributed by atoms with Crippen molar-refractivity contribution in [1.82, 2.24) is 10.2 Å². The summed E-state index contributed by atoms with van der Waals surface area (Å²) in [6, 6.07) is 21.3. The summed E-state index contributed by atoms with van der Waals surface area (Å²) in [5.74, 6) is -0.685. The third-order valence-electron chi connectivity index (χ3n) is 5.70. The molecule has 0 bridgehead atoms. The maximum Gasteiger partial charge on any atom is 0.261 e. The van der Waals surface area contributed by atoms with Crippen LogP contribution in [0.4, 0.5) is 10.1 Å². The number of anilines is 1. The summed E-state index contributed by atoms with van der Waals surface area (Å²) in [6.45, 7) is 2.75. The van der Waals surface area contributed by atoms with Gasteiger partial charge >= 0.3 is 0 Å². The number of nitrogens with one attached hydrogen (secondary N) is 2. The second-order valence-electron chi connectivity index (χ2n) is 8.15. The Labute approximate surface area is 193 Å². The third kappa shape index (κ3) is 6.18. The zero-order valence-electron chi connectivity index (χ0n) is 18.1. The first-order valence-corrected chi connectivity index (χ1v) is 12.3. The highest BCUT2D eigenvalue weighted by Gasteiger charge is 2.21. The lowest BCUT2D eigenvalue weighted by Gasteiger charge is -2.32. The molecule has 0 spiro atoms. The Hall–Kier alpha value is -3.23. The standard InChI is InChI=1S/C25H26FN3O3S/c26-21-8-12-24(13-9-21)33(31,32)28-23-10-6-20(7-11-23)25(30)27-22-14-16-29(17-15-22)18-19-4-2-1-3-5-19/h1-13,22,28H,14-18H2,(H,27,30). The molecule has 1 saturated heterocycles. The molecule has 33 heavy (non-hydrogen) atoms. The maximum atomic E-state index is 13.0. The number of rotatable bonds is 7. The molecular weight excluding hydrogens is 441 g/mol. The van der Waals surface area contributed by atoms with E-state index in [-0.39, 0.29) is 16.8 Å². The van der Waals surface area contributed by atoms with Crippen molar-refractivity contribution in [3.05, 3.63) is 95.8 Å². The van der Waals surface area contributed by atoms with Gasteiger partial charge in [0, 0.05) is 36.9 Å². The minimum atomic E-state index is -3.84. The number of likely N-dealkylation sites (tertiary alicyclic amines) is 1. The van der Waals surface area contributed by atoms with Crippen LogP contribution < -0.4 is 10.0 Å². The van der Waals surface area contributed by atoms with Crippen molar-refractivity contribution in [2.75, 3.05) is 17.8 Å². The maximum absolute atomic E-state index is 13.0. The van der Waals surface area contributed by atoms with Gasteiger partial charge in [-0.1, -0.05) is 30.3 Å². The fourth-order valence-corrected chi connectivity index (χ4v) is 4.92. The highest BCUT2D eigenvalue weighted by atomic mass is 32.2. The largest absolute Gasteiger partial charge is 0.349 e. The minimum Gasteiger partial charge on any atom is -0.349 e. The lowest BCUT2D eigenvalue weighted by Crippen LogP contribution is -2.44. The molecule has 0 radical (unpaired) electrons. The smallest absolute Gasteiger partial charge is 0.261 e. The van der Waals surface area contributed by atoms with Crippen LogP contribution in [0.25, 0.3) is 0 Å². The molecule has 0 aliphatic carbocycles. The molecular formula is C25H26FN3O3S. The molecule has 8 heteroatoms. The predicted octanol–water partition coefficient (Wildman–Crippen LogP) is 4.02. The molecule has 0 aromatic heterocycles. The van der Waals surface area contributed by atoms with Crippen molar-refractivity contribution < 1.29 is 17.6 Å². The van der Waals surface area contributed by atoms with Crippen molar-refractivity contribution in [2.24, 2.45) is 0 Å². The summed E-state index contributed by atoms with van der Waals surface area (Å²) >= 11 is 0. The molecule has 2 N–H and O–H groups in total. The van der Waals surface area contributed by atoms with Crippen LogP contribution in [0.5, 0.6) is 0 Å². The minimum absolute atomic E-state index is 0.0377. The number of hydrogen-bond acceptors (Lipinski definition) is 4. The Bertz CT molecular complexity index is 1180. The monoisotopic (exact) mass is 467 g/mol. The number of benzene rings is 3. The van der Waals surface area contributed by atoms with Gasteiger partial charge < -0.3 is 5.32 Å². The van der Waals surface area contributed by atoms with E-state index in [2.05, 4.69) is 27.1 Å². The van der Waals surface area contributed by atoms with Crippen molar-refractivity contribution in [2.45, 2.75) is 30.3 Å². The van der Waals surface area contributed by atoms with Crippen LogP contribution in [0.1, 0.15) is 28.8 Å². The number of halogens is 1. The first-order chi connectivity index (χ1) is 15.9. The second-order valence-corrected chi connectivity index (χ2v) is 9.83. The number of carbonyl (C=O) groups excluding carboxylic acids is 1. The van der Waals surface area contributed by atoms with Crippen LogP contribution in [-0.2, 0) is 16.6 Å². The summed E-state index contributed by atoms with van der Waals surface area (Å²) in [5, 5.41) is 3.08. The van der Waals surface area contributed by atoms with E-state index in [1.807, 2.05) is 18.2 Å². The molecule has 4 rings (SSSR count). The van der Waals surface area contributed by atoms with E-state index >= 15 is 0 Å². The number of hydrogen-bond donors (Lipinski definition) is 2. The molecule has 0 unspecified atom stereocenters. The first-order valence-electron chi connectivity index (χ1n) is 10.8. The third-order valence-corrected chi connectivity index (χ3v) is 7.09.